The summed E-state index contributed by atoms with van der Waals surface area (Å²) in [6.07, 6.45) is -0.0649. The highest BCUT2D eigenvalue weighted by Gasteiger charge is 2.00. The van der Waals surface area contributed by atoms with Crippen LogP contribution in [0.5, 0.6) is 0 Å². The monoisotopic (exact) mass is 214 g/mol. The largest absolute Gasteiger partial charge is 0.379 e. The van der Waals surface area contributed by atoms with E-state index in [9.17, 15) is 0 Å². The van der Waals surface area contributed by atoms with Gasteiger partial charge in [0.15, 0.2) is 0 Å². The molecule has 0 saturated heterocycles. The van der Waals surface area contributed by atoms with Crippen LogP contribution in [-0.2, 0) is 9.47 Å². The normalized spacial score (nSPS) is 11.3. The Morgan fingerprint density at radius 2 is 1.73 bits per heavy atom. The van der Waals surface area contributed by atoms with E-state index in [1.54, 1.807) is 0 Å². The lowest BCUT2D eigenvalue weighted by molar-refractivity contribution is -0.00138. The van der Waals surface area contributed by atoms with Gasteiger partial charge in [0.2, 0.25) is 0 Å². The highest BCUT2D eigenvalue weighted by atomic mass is 16.5. The van der Waals surface area contributed by atoms with Crippen LogP contribution in [0.2, 0.25) is 0 Å². The number of hydrogen-bond acceptors (Lipinski definition) is 4. The van der Waals surface area contributed by atoms with Crippen LogP contribution in [-0.4, -0.2) is 39.0 Å². The van der Waals surface area contributed by atoms with Crippen molar-refractivity contribution in [3.63, 3.8) is 0 Å². The van der Waals surface area contributed by atoms with E-state index in [-0.39, 0.29) is 6.10 Å². The van der Waals surface area contributed by atoms with Crippen LogP contribution in [0.1, 0.15) is 6.92 Å². The van der Waals surface area contributed by atoms with E-state index < -0.39 is 0 Å². The van der Waals surface area contributed by atoms with Gasteiger partial charge < -0.3 is 9.47 Å². The Morgan fingerprint density at radius 1 is 1.13 bits per heavy atom. The molecule has 0 aliphatic heterocycles. The van der Waals surface area contributed by atoms with Gasteiger partial charge in [-0.2, -0.15) is 0 Å². The molecule has 0 fully saturated rings. The fraction of sp³-hybridized carbons (Fsp3) is 1.00. The van der Waals surface area contributed by atoms with Gasteiger partial charge in [-0.25, -0.2) is 0 Å². The van der Waals surface area contributed by atoms with E-state index >= 15 is 0 Å². The number of hydrogen-bond donors (Lipinski definition) is 0. The maximum absolute atomic E-state index is 7.99. The summed E-state index contributed by atoms with van der Waals surface area (Å²) in [4.78, 5) is 5.19. The van der Waals surface area contributed by atoms with Gasteiger partial charge in [0.1, 0.15) is 0 Å². The van der Waals surface area contributed by atoms with Crippen molar-refractivity contribution in [2.75, 3.05) is 32.9 Å². The summed E-state index contributed by atoms with van der Waals surface area (Å²) in [5.41, 5.74) is 16.0. The van der Waals surface area contributed by atoms with Crippen LogP contribution in [0, 0.1) is 0 Å². The second-order valence-corrected chi connectivity index (χ2v) is 2.67. The molecule has 0 N–H and O–H groups in total. The van der Waals surface area contributed by atoms with Crippen molar-refractivity contribution in [2.24, 2.45) is 10.2 Å². The second-order valence-electron chi connectivity index (χ2n) is 2.67. The highest BCUT2D eigenvalue weighted by Crippen LogP contribution is 1.92. The van der Waals surface area contributed by atoms with Crippen molar-refractivity contribution in [1.29, 1.82) is 0 Å². The van der Waals surface area contributed by atoms with E-state index in [4.69, 9.17) is 20.5 Å². The molecule has 0 bridgehead atoms. The third-order valence-corrected chi connectivity index (χ3v) is 1.41. The summed E-state index contributed by atoms with van der Waals surface area (Å²) < 4.78 is 10.4. The third-order valence-electron chi connectivity index (χ3n) is 1.41. The molecular weight excluding hydrogens is 200 g/mol. The number of ether oxygens (including phenoxy) is 2. The average Bonchev–Trinajstić information content (AvgIpc) is 2.24. The minimum atomic E-state index is -0.0649. The maximum Gasteiger partial charge on any atom is 0.0780 e. The Balaban J connectivity index is 3.28. The van der Waals surface area contributed by atoms with Crippen LogP contribution >= 0.6 is 0 Å². The number of rotatable bonds is 9. The molecule has 0 saturated carbocycles. The molecule has 0 aromatic heterocycles. The molecule has 8 nitrogen and oxygen atoms in total. The highest BCUT2D eigenvalue weighted by molar-refractivity contribution is 4.51. The summed E-state index contributed by atoms with van der Waals surface area (Å²) in [6.45, 7) is 3.68. The molecule has 0 aromatic rings. The van der Waals surface area contributed by atoms with Gasteiger partial charge in [-0.15, -0.1) is 0 Å². The van der Waals surface area contributed by atoms with Crippen LogP contribution < -0.4 is 0 Å². The minimum absolute atomic E-state index is 0.0649. The molecule has 0 heterocycles. The van der Waals surface area contributed by atoms with Crippen LogP contribution in [0.3, 0.4) is 0 Å². The lowest BCUT2D eigenvalue weighted by atomic mass is 10.4. The first-order valence-electron chi connectivity index (χ1n) is 4.52. The first-order valence-corrected chi connectivity index (χ1v) is 4.52. The molecule has 0 aliphatic carbocycles. The van der Waals surface area contributed by atoms with Gasteiger partial charge in [-0.1, -0.05) is 10.2 Å². The lowest BCUT2D eigenvalue weighted by Crippen LogP contribution is -2.18. The average molecular weight is 214 g/mol. The SMILES string of the molecule is CC(COCCN=[N+]=[N-])OCCN=[N+]=[N-]. The Bertz CT molecular complexity index is 246. The van der Waals surface area contributed by atoms with E-state index in [0.717, 1.165) is 0 Å². The van der Waals surface area contributed by atoms with Crippen molar-refractivity contribution in [3.05, 3.63) is 20.9 Å². The molecule has 1 unspecified atom stereocenters. The first-order chi connectivity index (χ1) is 7.31. The van der Waals surface area contributed by atoms with Crippen molar-refractivity contribution < 1.29 is 9.47 Å². The minimum Gasteiger partial charge on any atom is -0.379 e. The molecule has 15 heavy (non-hydrogen) atoms. The fourth-order valence-electron chi connectivity index (χ4n) is 0.787. The molecule has 0 aromatic carbocycles. The van der Waals surface area contributed by atoms with E-state index in [0.29, 0.717) is 32.9 Å². The second kappa shape index (κ2) is 10.6. The predicted octanol–water partition coefficient (Wildman–Crippen LogP) is 2.03. The van der Waals surface area contributed by atoms with Crippen LogP contribution in [0.15, 0.2) is 10.2 Å². The first kappa shape index (κ1) is 13.5. The van der Waals surface area contributed by atoms with Gasteiger partial charge in [-0.3, -0.25) is 0 Å². The smallest absolute Gasteiger partial charge is 0.0780 e. The van der Waals surface area contributed by atoms with Gasteiger partial charge >= 0.3 is 0 Å². The van der Waals surface area contributed by atoms with Crippen LogP contribution in [0.25, 0.3) is 20.9 Å². The third kappa shape index (κ3) is 10.5. The molecule has 0 spiro atoms. The van der Waals surface area contributed by atoms with Crippen molar-refractivity contribution in [2.45, 2.75) is 13.0 Å². The zero-order chi connectivity index (χ0) is 11.4. The quantitative estimate of drug-likeness (QED) is 0.253. The Morgan fingerprint density at radius 3 is 2.33 bits per heavy atom. The Kier molecular flexibility index (Phi) is 9.59. The standard InChI is InChI=1S/C7H14N6O2/c1-7(15-5-3-11-13-9)6-14-4-2-10-12-8/h7H,2-6H2,1H3. The molecule has 0 aliphatic rings. The maximum atomic E-state index is 7.99. The summed E-state index contributed by atoms with van der Waals surface area (Å²) in [6, 6.07) is 0. The topological polar surface area (TPSA) is 116 Å². The molecule has 0 radical (unpaired) electrons. The van der Waals surface area contributed by atoms with Crippen molar-refractivity contribution >= 4 is 0 Å². The molecule has 1 atom stereocenters. The van der Waals surface area contributed by atoms with E-state index in [1.807, 2.05) is 6.92 Å². The molecule has 84 valence electrons. The Labute approximate surface area is 87.4 Å². The molecular formula is C7H14N6O2. The van der Waals surface area contributed by atoms with Crippen molar-refractivity contribution in [1.82, 2.24) is 0 Å². The van der Waals surface area contributed by atoms with Gasteiger partial charge in [0.05, 0.1) is 25.9 Å². The fourth-order valence-corrected chi connectivity index (χ4v) is 0.787. The summed E-state index contributed by atoms with van der Waals surface area (Å²) in [5.74, 6) is 0. The van der Waals surface area contributed by atoms with E-state index in [2.05, 4.69) is 20.1 Å². The van der Waals surface area contributed by atoms with E-state index in [1.165, 1.54) is 0 Å². The zero-order valence-corrected chi connectivity index (χ0v) is 8.61. The van der Waals surface area contributed by atoms with Crippen LogP contribution in [0.4, 0.5) is 0 Å². The summed E-state index contributed by atoms with van der Waals surface area (Å²) in [7, 11) is 0. The van der Waals surface area contributed by atoms with Gasteiger partial charge in [0, 0.05) is 22.9 Å². The Hall–Kier alpha value is -1.46. The zero-order valence-electron chi connectivity index (χ0n) is 8.61. The van der Waals surface area contributed by atoms with Gasteiger partial charge in [-0.05, 0) is 18.0 Å². The van der Waals surface area contributed by atoms with Crippen molar-refractivity contribution in [3.8, 4) is 0 Å². The summed E-state index contributed by atoms with van der Waals surface area (Å²) in [5, 5.41) is 6.64. The molecule has 0 rings (SSSR count). The summed E-state index contributed by atoms with van der Waals surface area (Å²) >= 11 is 0. The lowest BCUT2D eigenvalue weighted by Gasteiger charge is -2.11. The number of nitrogens with zero attached hydrogens (tertiary/aromatic N) is 6. The predicted molar refractivity (Wildman–Crippen MR) is 54.3 cm³/mol. The van der Waals surface area contributed by atoms with Gasteiger partial charge in [0.25, 0.3) is 0 Å². The molecule has 0 amide bonds. The molecule has 8 heteroatoms. The number of azide groups is 2.